The van der Waals surface area contributed by atoms with Crippen molar-refractivity contribution in [3.8, 4) is 0 Å². The van der Waals surface area contributed by atoms with E-state index in [1.807, 2.05) is 0 Å². The van der Waals surface area contributed by atoms with Gasteiger partial charge >= 0.3 is 0 Å². The third-order valence-corrected chi connectivity index (χ3v) is 1.92. The van der Waals surface area contributed by atoms with Gasteiger partial charge in [-0.2, -0.15) is 0 Å². The van der Waals surface area contributed by atoms with E-state index in [-0.39, 0.29) is 6.10 Å². The molecule has 0 amide bonds. The van der Waals surface area contributed by atoms with E-state index in [2.05, 4.69) is 0 Å². The lowest BCUT2D eigenvalue weighted by Gasteiger charge is -2.31. The summed E-state index contributed by atoms with van der Waals surface area (Å²) in [5.41, 5.74) is 0. The lowest BCUT2D eigenvalue weighted by molar-refractivity contribution is -0.0735. The first-order valence-corrected chi connectivity index (χ1v) is 4.11. The van der Waals surface area contributed by atoms with Crippen molar-refractivity contribution >= 4 is 0 Å². The molecule has 0 spiro atoms. The molecule has 0 bridgehead atoms. The maximum Gasteiger partial charge on any atom is 0.0624 e. The second-order valence-electron chi connectivity index (χ2n) is 2.96. The van der Waals surface area contributed by atoms with E-state index in [4.69, 9.17) is 14.6 Å². The summed E-state index contributed by atoms with van der Waals surface area (Å²) < 4.78 is 10.3. The summed E-state index contributed by atoms with van der Waals surface area (Å²) >= 11 is 0. The summed E-state index contributed by atoms with van der Waals surface area (Å²) in [6, 6.07) is 0. The molecule has 0 radical (unpaired) electrons. The Morgan fingerprint density at radius 1 is 1.36 bits per heavy atom. The minimum absolute atomic E-state index is 0.109. The Balaban J connectivity index is 1.81. The average Bonchev–Trinajstić information content (AvgIpc) is 1.94. The number of ether oxygens (including phenoxy) is 2. The van der Waals surface area contributed by atoms with Gasteiger partial charge in [-0.15, -0.1) is 0 Å². The van der Waals surface area contributed by atoms with Crippen LogP contribution in [0.5, 0.6) is 0 Å². The third-order valence-electron chi connectivity index (χ3n) is 1.92. The monoisotopic (exact) mass is 160 g/mol. The molecule has 1 aliphatic rings. The van der Waals surface area contributed by atoms with Gasteiger partial charge in [0.25, 0.3) is 0 Å². The molecule has 1 N–H and O–H groups in total. The van der Waals surface area contributed by atoms with Crippen molar-refractivity contribution in [1.82, 2.24) is 0 Å². The van der Waals surface area contributed by atoms with Crippen LogP contribution in [0.3, 0.4) is 0 Å². The molecular weight excluding hydrogens is 144 g/mol. The predicted octanol–water partition coefficient (Wildman–Crippen LogP) is 0.563. The van der Waals surface area contributed by atoms with Gasteiger partial charge in [0.2, 0.25) is 0 Å². The average molecular weight is 160 g/mol. The highest BCUT2D eigenvalue weighted by Crippen LogP contribution is 2.22. The van der Waals surface area contributed by atoms with Gasteiger partial charge in [-0.1, -0.05) is 0 Å². The van der Waals surface area contributed by atoms with Crippen LogP contribution in [0.4, 0.5) is 0 Å². The van der Waals surface area contributed by atoms with Crippen molar-refractivity contribution < 1.29 is 14.6 Å². The van der Waals surface area contributed by atoms with Gasteiger partial charge in [0.15, 0.2) is 0 Å². The summed E-state index contributed by atoms with van der Waals surface area (Å²) in [7, 11) is 1.69. The molecule has 3 nitrogen and oxygen atoms in total. The minimum Gasteiger partial charge on any atom is -0.393 e. The van der Waals surface area contributed by atoms with E-state index < -0.39 is 0 Å². The van der Waals surface area contributed by atoms with Crippen molar-refractivity contribution in [2.45, 2.75) is 31.5 Å². The zero-order chi connectivity index (χ0) is 8.10. The summed E-state index contributed by atoms with van der Waals surface area (Å²) in [5.74, 6) is 0. The molecule has 1 aliphatic carbocycles. The summed E-state index contributed by atoms with van der Waals surface area (Å²) in [4.78, 5) is 0. The topological polar surface area (TPSA) is 38.7 Å². The molecule has 0 aromatic rings. The van der Waals surface area contributed by atoms with Crippen LogP contribution in [-0.2, 0) is 9.47 Å². The fraction of sp³-hybridized carbons (Fsp3) is 1.00. The van der Waals surface area contributed by atoms with Crippen molar-refractivity contribution in [2.75, 3.05) is 20.3 Å². The van der Waals surface area contributed by atoms with Crippen molar-refractivity contribution in [3.63, 3.8) is 0 Å². The Bertz CT molecular complexity index is 99.5. The maximum absolute atomic E-state index is 8.92. The standard InChI is InChI=1S/C8H16O3/c1-10-3-2-4-11-8-5-7(9)6-8/h7-9H,2-6H2,1H3. The lowest BCUT2D eigenvalue weighted by atomic mass is 9.92. The van der Waals surface area contributed by atoms with Gasteiger partial charge in [0.1, 0.15) is 0 Å². The predicted molar refractivity (Wildman–Crippen MR) is 41.5 cm³/mol. The number of aliphatic hydroxyl groups excluding tert-OH is 1. The lowest BCUT2D eigenvalue weighted by Crippen LogP contribution is -2.35. The van der Waals surface area contributed by atoms with Crippen LogP contribution in [0.2, 0.25) is 0 Å². The SMILES string of the molecule is COCCCOC1CC(O)C1. The van der Waals surface area contributed by atoms with Gasteiger partial charge in [0.05, 0.1) is 12.2 Å². The number of methoxy groups -OCH3 is 1. The molecular formula is C8H16O3. The molecule has 1 saturated carbocycles. The molecule has 0 aromatic carbocycles. The third kappa shape index (κ3) is 3.18. The normalized spacial score (nSPS) is 30.0. The Morgan fingerprint density at radius 3 is 2.64 bits per heavy atom. The Labute approximate surface area is 67.3 Å². The van der Waals surface area contributed by atoms with E-state index in [1.165, 1.54) is 0 Å². The summed E-state index contributed by atoms with van der Waals surface area (Å²) in [5, 5.41) is 8.92. The van der Waals surface area contributed by atoms with Crippen LogP contribution in [0, 0.1) is 0 Å². The van der Waals surface area contributed by atoms with Crippen LogP contribution in [0.1, 0.15) is 19.3 Å². The Kier molecular flexibility index (Phi) is 3.83. The zero-order valence-corrected chi connectivity index (χ0v) is 6.95. The van der Waals surface area contributed by atoms with Gasteiger partial charge in [0, 0.05) is 20.3 Å². The largest absolute Gasteiger partial charge is 0.393 e. The number of rotatable bonds is 5. The van der Waals surface area contributed by atoms with E-state index in [0.29, 0.717) is 6.10 Å². The Morgan fingerprint density at radius 2 is 2.09 bits per heavy atom. The van der Waals surface area contributed by atoms with Crippen LogP contribution >= 0.6 is 0 Å². The van der Waals surface area contributed by atoms with Crippen LogP contribution in [-0.4, -0.2) is 37.6 Å². The second kappa shape index (κ2) is 4.70. The van der Waals surface area contributed by atoms with Gasteiger partial charge in [-0.05, 0) is 19.3 Å². The fourth-order valence-corrected chi connectivity index (χ4v) is 1.13. The molecule has 11 heavy (non-hydrogen) atoms. The molecule has 0 saturated heterocycles. The van der Waals surface area contributed by atoms with Crippen LogP contribution < -0.4 is 0 Å². The van der Waals surface area contributed by atoms with Crippen LogP contribution in [0.25, 0.3) is 0 Å². The number of hydrogen-bond donors (Lipinski definition) is 1. The number of aliphatic hydroxyl groups is 1. The highest BCUT2D eigenvalue weighted by atomic mass is 16.5. The molecule has 3 heteroatoms. The van der Waals surface area contributed by atoms with Gasteiger partial charge < -0.3 is 14.6 Å². The van der Waals surface area contributed by atoms with Crippen molar-refractivity contribution in [2.24, 2.45) is 0 Å². The zero-order valence-electron chi connectivity index (χ0n) is 6.95. The molecule has 66 valence electrons. The highest BCUT2D eigenvalue weighted by Gasteiger charge is 2.27. The maximum atomic E-state index is 8.92. The fourth-order valence-electron chi connectivity index (χ4n) is 1.13. The summed E-state index contributed by atoms with van der Waals surface area (Å²) in [6.45, 7) is 1.51. The van der Waals surface area contributed by atoms with E-state index in [1.54, 1.807) is 7.11 Å². The van der Waals surface area contributed by atoms with Crippen LogP contribution in [0.15, 0.2) is 0 Å². The molecule has 0 atom stereocenters. The Hall–Kier alpha value is -0.120. The second-order valence-corrected chi connectivity index (χ2v) is 2.96. The van der Waals surface area contributed by atoms with Crippen molar-refractivity contribution in [1.29, 1.82) is 0 Å². The smallest absolute Gasteiger partial charge is 0.0624 e. The molecule has 0 aliphatic heterocycles. The van der Waals surface area contributed by atoms with E-state index in [9.17, 15) is 0 Å². The van der Waals surface area contributed by atoms with Crippen molar-refractivity contribution in [3.05, 3.63) is 0 Å². The van der Waals surface area contributed by atoms with Gasteiger partial charge in [-0.3, -0.25) is 0 Å². The molecule has 1 fully saturated rings. The molecule has 0 unspecified atom stereocenters. The van der Waals surface area contributed by atoms with E-state index >= 15 is 0 Å². The quantitative estimate of drug-likeness (QED) is 0.597. The molecule has 0 heterocycles. The minimum atomic E-state index is -0.109. The first kappa shape index (κ1) is 8.97. The molecule has 0 aromatic heterocycles. The first-order valence-electron chi connectivity index (χ1n) is 4.11. The summed E-state index contributed by atoms with van der Waals surface area (Å²) in [6.07, 6.45) is 2.77. The van der Waals surface area contributed by atoms with E-state index in [0.717, 1.165) is 32.5 Å². The first-order chi connectivity index (χ1) is 5.33. The highest BCUT2D eigenvalue weighted by molar-refractivity contribution is 4.78. The number of hydrogen-bond acceptors (Lipinski definition) is 3. The van der Waals surface area contributed by atoms with Gasteiger partial charge in [-0.25, -0.2) is 0 Å². The molecule has 1 rings (SSSR count).